The van der Waals surface area contributed by atoms with Gasteiger partial charge in [0, 0.05) is 6.04 Å². The Morgan fingerprint density at radius 1 is 1.17 bits per heavy atom. The Kier molecular flexibility index (Phi) is 2.11. The van der Waals surface area contributed by atoms with E-state index in [0.29, 0.717) is 12.3 Å². The van der Waals surface area contributed by atoms with Crippen LogP contribution in [0.15, 0.2) is 0 Å². The minimum absolute atomic E-state index is 0.129. The average molecular weight is 171 g/mol. The van der Waals surface area contributed by atoms with Gasteiger partial charge in [0.15, 0.2) is 0 Å². The Balaban J connectivity index is 1.97. The fraction of sp³-hybridized carbons (Fsp3) is 1.00. The molecule has 0 spiro atoms. The van der Waals surface area contributed by atoms with Gasteiger partial charge in [-0.1, -0.05) is 6.42 Å². The molecule has 2 heteroatoms. The molecule has 0 bridgehead atoms. The molecule has 2 fully saturated rings. The highest BCUT2D eigenvalue weighted by Gasteiger charge is 2.44. The lowest BCUT2D eigenvalue weighted by atomic mass is 9.67. The summed E-state index contributed by atoms with van der Waals surface area (Å²) in [6.45, 7) is 0. The molecule has 0 radical (unpaired) electrons. The quantitative estimate of drug-likeness (QED) is 0.644. The Bertz CT molecular complexity index is 167. The van der Waals surface area contributed by atoms with Crippen LogP contribution in [0.4, 0.5) is 4.39 Å². The molecule has 0 aromatic rings. The van der Waals surface area contributed by atoms with Crippen molar-refractivity contribution < 1.29 is 4.39 Å². The first-order valence-corrected chi connectivity index (χ1v) is 5.15. The van der Waals surface area contributed by atoms with E-state index < -0.39 is 5.67 Å². The number of halogens is 1. The zero-order valence-electron chi connectivity index (χ0n) is 7.56. The number of hydrogen-bond donors (Lipinski definition) is 1. The molecular weight excluding hydrogens is 153 g/mol. The van der Waals surface area contributed by atoms with Gasteiger partial charge in [0.25, 0.3) is 0 Å². The van der Waals surface area contributed by atoms with Crippen LogP contribution in [0.25, 0.3) is 0 Å². The van der Waals surface area contributed by atoms with Crippen molar-refractivity contribution >= 4 is 0 Å². The maximum Gasteiger partial charge on any atom is 0.115 e. The van der Waals surface area contributed by atoms with Gasteiger partial charge in [-0.3, -0.25) is 0 Å². The maximum atomic E-state index is 14.2. The minimum atomic E-state index is -0.879. The van der Waals surface area contributed by atoms with Crippen LogP contribution in [-0.2, 0) is 0 Å². The molecule has 2 N–H and O–H groups in total. The summed E-state index contributed by atoms with van der Waals surface area (Å²) in [4.78, 5) is 0. The van der Waals surface area contributed by atoms with Gasteiger partial charge in [-0.2, -0.15) is 0 Å². The molecule has 0 aromatic heterocycles. The summed E-state index contributed by atoms with van der Waals surface area (Å²) in [5.41, 5.74) is 4.91. The summed E-state index contributed by atoms with van der Waals surface area (Å²) < 4.78 is 14.2. The summed E-state index contributed by atoms with van der Waals surface area (Å²) in [6, 6.07) is 0.129. The van der Waals surface area contributed by atoms with E-state index in [9.17, 15) is 4.39 Å². The van der Waals surface area contributed by atoms with Gasteiger partial charge in [-0.15, -0.1) is 0 Å². The van der Waals surface area contributed by atoms with Crippen LogP contribution < -0.4 is 5.73 Å². The van der Waals surface area contributed by atoms with Gasteiger partial charge in [0.1, 0.15) is 5.67 Å². The number of alkyl halides is 1. The first kappa shape index (κ1) is 8.49. The van der Waals surface area contributed by atoms with E-state index in [1.54, 1.807) is 0 Å². The fourth-order valence-corrected chi connectivity index (χ4v) is 2.59. The third kappa shape index (κ3) is 1.37. The van der Waals surface area contributed by atoms with E-state index in [1.165, 1.54) is 6.42 Å². The average Bonchev–Trinajstić information content (AvgIpc) is 1.79. The van der Waals surface area contributed by atoms with Crippen LogP contribution in [0.5, 0.6) is 0 Å². The first-order chi connectivity index (χ1) is 5.71. The molecule has 2 saturated carbocycles. The van der Waals surface area contributed by atoms with Gasteiger partial charge in [-0.05, 0) is 44.4 Å². The van der Waals surface area contributed by atoms with Crippen LogP contribution in [0, 0.1) is 5.92 Å². The van der Waals surface area contributed by atoms with Crippen LogP contribution in [-0.4, -0.2) is 11.7 Å². The van der Waals surface area contributed by atoms with Crippen molar-refractivity contribution in [3.63, 3.8) is 0 Å². The highest BCUT2D eigenvalue weighted by Crippen LogP contribution is 2.46. The number of nitrogens with two attached hydrogens (primary N) is 1. The molecule has 2 aliphatic carbocycles. The molecule has 2 atom stereocenters. The summed E-state index contributed by atoms with van der Waals surface area (Å²) in [5.74, 6) is 0.351. The monoisotopic (exact) mass is 171 g/mol. The highest BCUT2D eigenvalue weighted by molar-refractivity contribution is 4.96. The summed E-state index contributed by atoms with van der Waals surface area (Å²) in [5, 5.41) is 0. The lowest BCUT2D eigenvalue weighted by Gasteiger charge is -2.43. The van der Waals surface area contributed by atoms with Crippen molar-refractivity contribution in [2.24, 2.45) is 11.7 Å². The van der Waals surface area contributed by atoms with Gasteiger partial charge >= 0.3 is 0 Å². The second-order valence-corrected chi connectivity index (χ2v) is 4.52. The van der Waals surface area contributed by atoms with Gasteiger partial charge in [0.05, 0.1) is 0 Å². The molecule has 2 rings (SSSR count). The van der Waals surface area contributed by atoms with E-state index in [2.05, 4.69) is 0 Å². The molecule has 2 unspecified atom stereocenters. The largest absolute Gasteiger partial charge is 0.328 e. The van der Waals surface area contributed by atoms with Crippen molar-refractivity contribution in [2.45, 2.75) is 56.7 Å². The molecule has 0 heterocycles. The highest BCUT2D eigenvalue weighted by atomic mass is 19.1. The van der Waals surface area contributed by atoms with E-state index in [4.69, 9.17) is 5.73 Å². The molecule has 0 amide bonds. The molecule has 2 aliphatic rings. The topological polar surface area (TPSA) is 26.0 Å². The molecule has 0 aromatic carbocycles. The fourth-order valence-electron chi connectivity index (χ4n) is 2.59. The lowest BCUT2D eigenvalue weighted by Crippen LogP contribution is -2.45. The smallest absolute Gasteiger partial charge is 0.115 e. The number of rotatable bonds is 1. The first-order valence-electron chi connectivity index (χ1n) is 5.15. The standard InChI is InChI=1S/C10H18FN/c11-10(8-3-1-4-8)6-2-5-9(12)7-10/h8-9H,1-7,12H2. The second kappa shape index (κ2) is 2.99. The zero-order chi connectivity index (χ0) is 8.60. The Morgan fingerprint density at radius 2 is 1.92 bits per heavy atom. The zero-order valence-corrected chi connectivity index (χ0v) is 7.56. The van der Waals surface area contributed by atoms with E-state index in [-0.39, 0.29) is 6.04 Å². The van der Waals surface area contributed by atoms with Gasteiger partial charge in [0.2, 0.25) is 0 Å². The van der Waals surface area contributed by atoms with Crippen molar-refractivity contribution in [3.05, 3.63) is 0 Å². The van der Waals surface area contributed by atoms with Crippen molar-refractivity contribution in [1.29, 1.82) is 0 Å². The summed E-state index contributed by atoms with van der Waals surface area (Å²) >= 11 is 0. The van der Waals surface area contributed by atoms with Gasteiger partial charge in [-0.25, -0.2) is 4.39 Å². The van der Waals surface area contributed by atoms with Gasteiger partial charge < -0.3 is 5.73 Å². The Morgan fingerprint density at radius 3 is 2.42 bits per heavy atom. The molecule has 12 heavy (non-hydrogen) atoms. The SMILES string of the molecule is NC1CCCC(F)(C2CCC2)C1. The molecule has 0 saturated heterocycles. The van der Waals surface area contributed by atoms with Crippen molar-refractivity contribution in [1.82, 2.24) is 0 Å². The maximum absolute atomic E-state index is 14.2. The minimum Gasteiger partial charge on any atom is -0.328 e. The molecule has 1 nitrogen and oxygen atoms in total. The van der Waals surface area contributed by atoms with Crippen LogP contribution >= 0.6 is 0 Å². The molecule has 70 valence electrons. The predicted molar refractivity (Wildman–Crippen MR) is 47.6 cm³/mol. The van der Waals surface area contributed by atoms with Crippen LogP contribution in [0.1, 0.15) is 44.9 Å². The third-order valence-corrected chi connectivity index (χ3v) is 3.61. The summed E-state index contributed by atoms with van der Waals surface area (Å²) in [6.07, 6.45) is 6.84. The van der Waals surface area contributed by atoms with Crippen molar-refractivity contribution in [3.8, 4) is 0 Å². The summed E-state index contributed by atoms with van der Waals surface area (Å²) in [7, 11) is 0. The number of hydrogen-bond acceptors (Lipinski definition) is 1. The predicted octanol–water partition coefficient (Wildman–Crippen LogP) is 2.40. The second-order valence-electron chi connectivity index (χ2n) is 4.52. The lowest BCUT2D eigenvalue weighted by molar-refractivity contribution is -0.00690. The Hall–Kier alpha value is -0.110. The van der Waals surface area contributed by atoms with E-state index >= 15 is 0 Å². The third-order valence-electron chi connectivity index (χ3n) is 3.61. The van der Waals surface area contributed by atoms with Crippen LogP contribution in [0.3, 0.4) is 0 Å². The molecule has 0 aliphatic heterocycles. The van der Waals surface area contributed by atoms with Crippen LogP contribution in [0.2, 0.25) is 0 Å². The Labute approximate surface area is 73.5 Å². The van der Waals surface area contributed by atoms with Crippen molar-refractivity contribution in [2.75, 3.05) is 0 Å². The molecular formula is C10H18FN. The van der Waals surface area contributed by atoms with E-state index in [1.807, 2.05) is 0 Å². The normalized spacial score (nSPS) is 44.0. The van der Waals surface area contributed by atoms with E-state index in [0.717, 1.165) is 32.1 Å².